The molecule has 0 aliphatic heterocycles. The fourth-order valence-corrected chi connectivity index (χ4v) is 2.40. The summed E-state index contributed by atoms with van der Waals surface area (Å²) >= 11 is 0. The minimum atomic E-state index is -0.264. The zero-order valence-corrected chi connectivity index (χ0v) is 12.8. The van der Waals surface area contributed by atoms with E-state index >= 15 is 0 Å². The van der Waals surface area contributed by atoms with Crippen molar-refractivity contribution in [3.05, 3.63) is 29.7 Å². The normalized spacial score (nSPS) is 11.8. The SMILES string of the molecule is CCC(CC)(CO)CNC(=O)c1c(C)nn2cccnc12. The van der Waals surface area contributed by atoms with Crippen LogP contribution in [0.1, 0.15) is 42.7 Å². The van der Waals surface area contributed by atoms with Gasteiger partial charge in [-0.1, -0.05) is 13.8 Å². The predicted molar refractivity (Wildman–Crippen MR) is 80.2 cm³/mol. The van der Waals surface area contributed by atoms with E-state index in [1.54, 1.807) is 29.9 Å². The molecule has 21 heavy (non-hydrogen) atoms. The van der Waals surface area contributed by atoms with Crippen LogP contribution >= 0.6 is 0 Å². The van der Waals surface area contributed by atoms with Crippen LogP contribution in [0, 0.1) is 12.3 Å². The fraction of sp³-hybridized carbons (Fsp3) is 0.533. The molecule has 0 aliphatic rings. The Labute approximate surface area is 124 Å². The van der Waals surface area contributed by atoms with Crippen molar-refractivity contribution in [2.45, 2.75) is 33.6 Å². The number of fused-ring (bicyclic) bond motifs is 1. The first-order valence-electron chi connectivity index (χ1n) is 7.26. The summed E-state index contributed by atoms with van der Waals surface area (Å²) in [5.74, 6) is -0.194. The number of hydrogen-bond donors (Lipinski definition) is 2. The van der Waals surface area contributed by atoms with Crippen molar-refractivity contribution < 1.29 is 9.90 Å². The monoisotopic (exact) mass is 290 g/mol. The molecule has 2 aromatic rings. The van der Waals surface area contributed by atoms with Gasteiger partial charge >= 0.3 is 0 Å². The van der Waals surface area contributed by atoms with Gasteiger partial charge < -0.3 is 10.4 Å². The van der Waals surface area contributed by atoms with E-state index in [-0.39, 0.29) is 17.9 Å². The molecule has 114 valence electrons. The molecule has 0 atom stereocenters. The summed E-state index contributed by atoms with van der Waals surface area (Å²) in [5.41, 5.74) is 1.43. The third kappa shape index (κ3) is 2.90. The number of amides is 1. The smallest absolute Gasteiger partial charge is 0.257 e. The van der Waals surface area contributed by atoms with E-state index in [4.69, 9.17) is 0 Å². The molecule has 0 unspecified atom stereocenters. The lowest BCUT2D eigenvalue weighted by molar-refractivity contribution is 0.0852. The molecule has 1 amide bonds. The number of aliphatic hydroxyl groups excluding tert-OH is 1. The number of rotatable bonds is 6. The van der Waals surface area contributed by atoms with Gasteiger partial charge in [0.25, 0.3) is 5.91 Å². The van der Waals surface area contributed by atoms with Crippen molar-refractivity contribution in [2.24, 2.45) is 5.41 Å². The van der Waals surface area contributed by atoms with Crippen molar-refractivity contribution >= 4 is 11.6 Å². The molecule has 2 rings (SSSR count). The van der Waals surface area contributed by atoms with Gasteiger partial charge in [0.15, 0.2) is 5.65 Å². The number of aromatic nitrogens is 3. The van der Waals surface area contributed by atoms with Crippen LogP contribution in [-0.2, 0) is 0 Å². The molecule has 0 aromatic carbocycles. The van der Waals surface area contributed by atoms with E-state index in [1.807, 2.05) is 13.8 Å². The number of carbonyl (C=O) groups is 1. The Morgan fingerprint density at radius 1 is 1.43 bits per heavy atom. The summed E-state index contributed by atoms with van der Waals surface area (Å²) in [6.07, 6.45) is 5.03. The maximum Gasteiger partial charge on any atom is 0.257 e. The van der Waals surface area contributed by atoms with E-state index in [2.05, 4.69) is 15.4 Å². The Kier molecular flexibility index (Phi) is 4.57. The second-order valence-corrected chi connectivity index (χ2v) is 5.40. The standard InChI is InChI=1S/C15H22N4O2/c1-4-15(5-2,10-20)9-17-14(21)12-11(3)18-19-8-6-7-16-13(12)19/h6-8,20H,4-5,9-10H2,1-3H3,(H,17,21). The van der Waals surface area contributed by atoms with Crippen LogP contribution in [0.2, 0.25) is 0 Å². The molecular weight excluding hydrogens is 268 g/mol. The molecule has 2 N–H and O–H groups in total. The second-order valence-electron chi connectivity index (χ2n) is 5.40. The van der Waals surface area contributed by atoms with Gasteiger partial charge in [-0.05, 0) is 25.8 Å². The number of nitrogens with zero attached hydrogens (tertiary/aromatic N) is 3. The third-order valence-corrected chi connectivity index (χ3v) is 4.26. The van der Waals surface area contributed by atoms with E-state index in [0.29, 0.717) is 23.4 Å². The Morgan fingerprint density at radius 3 is 2.76 bits per heavy atom. The van der Waals surface area contributed by atoms with Crippen LogP contribution in [0.3, 0.4) is 0 Å². The molecule has 0 spiro atoms. The Bertz CT molecular complexity index is 623. The molecule has 2 heterocycles. The van der Waals surface area contributed by atoms with Gasteiger partial charge in [-0.25, -0.2) is 9.50 Å². The molecule has 0 fully saturated rings. The highest BCUT2D eigenvalue weighted by Crippen LogP contribution is 2.24. The van der Waals surface area contributed by atoms with Crippen LogP contribution < -0.4 is 5.32 Å². The zero-order chi connectivity index (χ0) is 15.5. The number of aryl methyl sites for hydroxylation is 1. The molecule has 6 heteroatoms. The number of hydrogen-bond acceptors (Lipinski definition) is 4. The van der Waals surface area contributed by atoms with Crippen LogP contribution in [0.15, 0.2) is 18.5 Å². The predicted octanol–water partition coefficient (Wildman–Crippen LogP) is 1.57. The number of aliphatic hydroxyl groups is 1. The molecule has 2 aromatic heterocycles. The van der Waals surface area contributed by atoms with Crippen molar-refractivity contribution in [1.82, 2.24) is 19.9 Å². The van der Waals surface area contributed by atoms with Crippen molar-refractivity contribution in [1.29, 1.82) is 0 Å². The quantitative estimate of drug-likeness (QED) is 0.846. The summed E-state index contributed by atoms with van der Waals surface area (Å²) in [5, 5.41) is 16.8. The first-order valence-corrected chi connectivity index (χ1v) is 7.26. The maximum absolute atomic E-state index is 12.4. The summed E-state index contributed by atoms with van der Waals surface area (Å²) in [6, 6.07) is 1.77. The van der Waals surface area contributed by atoms with Gasteiger partial charge in [0, 0.05) is 24.4 Å². The topological polar surface area (TPSA) is 79.5 Å². The van der Waals surface area contributed by atoms with Crippen molar-refractivity contribution in [3.63, 3.8) is 0 Å². The first kappa shape index (κ1) is 15.4. The van der Waals surface area contributed by atoms with Gasteiger partial charge in [0.05, 0.1) is 12.3 Å². The number of nitrogens with one attached hydrogen (secondary N) is 1. The molecule has 0 aliphatic carbocycles. The largest absolute Gasteiger partial charge is 0.396 e. The third-order valence-electron chi connectivity index (χ3n) is 4.26. The Hall–Kier alpha value is -1.95. The van der Waals surface area contributed by atoms with Crippen LogP contribution in [0.5, 0.6) is 0 Å². The van der Waals surface area contributed by atoms with E-state index in [0.717, 1.165) is 12.8 Å². The number of carbonyl (C=O) groups excluding carboxylic acids is 1. The maximum atomic E-state index is 12.4. The van der Waals surface area contributed by atoms with Crippen LogP contribution in [0.25, 0.3) is 5.65 Å². The Morgan fingerprint density at radius 2 is 2.14 bits per heavy atom. The highest BCUT2D eigenvalue weighted by molar-refractivity contribution is 6.00. The van der Waals surface area contributed by atoms with E-state index in [9.17, 15) is 9.90 Å². The van der Waals surface area contributed by atoms with Gasteiger partial charge in [0.1, 0.15) is 5.56 Å². The van der Waals surface area contributed by atoms with E-state index < -0.39 is 0 Å². The summed E-state index contributed by atoms with van der Waals surface area (Å²) in [7, 11) is 0. The molecular formula is C15H22N4O2. The van der Waals surface area contributed by atoms with Crippen LogP contribution in [0.4, 0.5) is 0 Å². The fourth-order valence-electron chi connectivity index (χ4n) is 2.40. The lowest BCUT2D eigenvalue weighted by Crippen LogP contribution is -2.39. The highest BCUT2D eigenvalue weighted by atomic mass is 16.3. The summed E-state index contributed by atoms with van der Waals surface area (Å²) in [4.78, 5) is 16.7. The molecule has 0 bridgehead atoms. The second kappa shape index (κ2) is 6.22. The molecule has 0 radical (unpaired) electrons. The van der Waals surface area contributed by atoms with Crippen molar-refractivity contribution in [3.8, 4) is 0 Å². The minimum absolute atomic E-state index is 0.0618. The van der Waals surface area contributed by atoms with Crippen molar-refractivity contribution in [2.75, 3.05) is 13.2 Å². The minimum Gasteiger partial charge on any atom is -0.396 e. The van der Waals surface area contributed by atoms with Gasteiger partial charge in [0.2, 0.25) is 0 Å². The summed E-state index contributed by atoms with van der Waals surface area (Å²) in [6.45, 7) is 6.34. The van der Waals surface area contributed by atoms with Gasteiger partial charge in [-0.2, -0.15) is 5.10 Å². The average molecular weight is 290 g/mol. The molecule has 6 nitrogen and oxygen atoms in total. The lowest BCUT2D eigenvalue weighted by atomic mass is 9.83. The average Bonchev–Trinajstić information content (AvgIpc) is 2.85. The van der Waals surface area contributed by atoms with Gasteiger partial charge in [-0.3, -0.25) is 4.79 Å². The molecule has 0 saturated carbocycles. The first-order chi connectivity index (χ1) is 10.1. The Balaban J connectivity index is 2.21. The lowest BCUT2D eigenvalue weighted by Gasteiger charge is -2.29. The van der Waals surface area contributed by atoms with Crippen LogP contribution in [-0.4, -0.2) is 38.8 Å². The zero-order valence-electron chi connectivity index (χ0n) is 12.8. The highest BCUT2D eigenvalue weighted by Gasteiger charge is 2.27. The van der Waals surface area contributed by atoms with Gasteiger partial charge in [-0.15, -0.1) is 0 Å². The summed E-state index contributed by atoms with van der Waals surface area (Å²) < 4.78 is 1.60. The van der Waals surface area contributed by atoms with E-state index in [1.165, 1.54) is 0 Å². The molecule has 0 saturated heterocycles.